The van der Waals surface area contributed by atoms with Gasteiger partial charge in [0.05, 0.1) is 25.9 Å². The molecule has 0 bridgehead atoms. The first-order valence-electron chi connectivity index (χ1n) is 9.77. The van der Waals surface area contributed by atoms with Gasteiger partial charge in [-0.1, -0.05) is 17.7 Å². The average molecular weight is 448 g/mol. The van der Waals surface area contributed by atoms with Gasteiger partial charge in [-0.2, -0.15) is 4.31 Å². The summed E-state index contributed by atoms with van der Waals surface area (Å²) in [5, 5.41) is 0. The normalized spacial score (nSPS) is 14.8. The van der Waals surface area contributed by atoms with Crippen molar-refractivity contribution in [2.75, 3.05) is 40.0 Å². The largest absolute Gasteiger partial charge is 0.495 e. The second kappa shape index (κ2) is 9.59. The molecule has 0 N–H and O–H groups in total. The van der Waals surface area contributed by atoms with Gasteiger partial charge in [-0.3, -0.25) is 4.79 Å². The summed E-state index contributed by atoms with van der Waals surface area (Å²) in [6.45, 7) is 4.25. The zero-order valence-electron chi connectivity index (χ0n) is 17.7. The number of hydrogen-bond acceptors (Lipinski definition) is 7. The van der Waals surface area contributed by atoms with Gasteiger partial charge in [0, 0.05) is 18.7 Å². The number of carbonyl (C=O) groups excluding carboxylic acids is 2. The molecule has 1 fully saturated rings. The SMILES string of the molecule is COc1ccc(C(=O)OCC(=O)c2cc(C)ccc2C)cc1S(=O)(=O)N1CCOCC1. The highest BCUT2D eigenvalue weighted by Gasteiger charge is 2.30. The third kappa shape index (κ3) is 5.12. The van der Waals surface area contributed by atoms with Gasteiger partial charge < -0.3 is 14.2 Å². The molecule has 3 rings (SSSR count). The molecule has 1 heterocycles. The van der Waals surface area contributed by atoms with E-state index < -0.39 is 22.6 Å². The number of morpholine rings is 1. The fraction of sp³-hybridized carbons (Fsp3) is 0.364. The van der Waals surface area contributed by atoms with Crippen molar-refractivity contribution in [3.63, 3.8) is 0 Å². The quantitative estimate of drug-likeness (QED) is 0.475. The van der Waals surface area contributed by atoms with Crippen LogP contribution in [-0.2, 0) is 19.5 Å². The second-order valence-electron chi connectivity index (χ2n) is 7.20. The molecule has 0 amide bonds. The lowest BCUT2D eigenvalue weighted by Gasteiger charge is -2.26. The highest BCUT2D eigenvalue weighted by molar-refractivity contribution is 7.89. The lowest BCUT2D eigenvalue weighted by Crippen LogP contribution is -2.40. The van der Waals surface area contributed by atoms with Gasteiger partial charge in [-0.15, -0.1) is 0 Å². The number of benzene rings is 2. The Kier molecular flexibility index (Phi) is 7.09. The molecule has 0 atom stereocenters. The van der Waals surface area contributed by atoms with Crippen LogP contribution in [0.4, 0.5) is 0 Å². The summed E-state index contributed by atoms with van der Waals surface area (Å²) < 4.78 is 43.0. The van der Waals surface area contributed by atoms with Crippen molar-refractivity contribution in [2.24, 2.45) is 0 Å². The number of nitrogens with zero attached hydrogens (tertiary/aromatic N) is 1. The number of rotatable bonds is 7. The molecule has 0 aromatic heterocycles. The van der Waals surface area contributed by atoms with E-state index in [9.17, 15) is 18.0 Å². The van der Waals surface area contributed by atoms with E-state index in [1.807, 2.05) is 19.1 Å². The first kappa shape index (κ1) is 22.9. The first-order chi connectivity index (χ1) is 14.7. The molecule has 9 heteroatoms. The van der Waals surface area contributed by atoms with Crippen molar-refractivity contribution in [1.82, 2.24) is 4.31 Å². The lowest BCUT2D eigenvalue weighted by molar-refractivity contribution is 0.0474. The topological polar surface area (TPSA) is 99.2 Å². The van der Waals surface area contributed by atoms with E-state index in [-0.39, 0.29) is 35.1 Å². The van der Waals surface area contributed by atoms with Crippen molar-refractivity contribution >= 4 is 21.8 Å². The lowest BCUT2D eigenvalue weighted by atomic mass is 10.0. The van der Waals surface area contributed by atoms with Crippen LogP contribution in [-0.4, -0.2) is 64.5 Å². The number of aryl methyl sites for hydroxylation is 2. The Morgan fingerprint density at radius 3 is 2.45 bits per heavy atom. The van der Waals surface area contributed by atoms with Gasteiger partial charge in [0.2, 0.25) is 15.8 Å². The van der Waals surface area contributed by atoms with Crippen molar-refractivity contribution < 1.29 is 32.2 Å². The van der Waals surface area contributed by atoms with Crippen molar-refractivity contribution in [1.29, 1.82) is 0 Å². The molecule has 31 heavy (non-hydrogen) atoms. The zero-order valence-corrected chi connectivity index (χ0v) is 18.5. The molecule has 8 nitrogen and oxygen atoms in total. The van der Waals surface area contributed by atoms with E-state index in [2.05, 4.69) is 0 Å². The summed E-state index contributed by atoms with van der Waals surface area (Å²) in [6.07, 6.45) is 0. The van der Waals surface area contributed by atoms with Crippen LogP contribution < -0.4 is 4.74 Å². The smallest absolute Gasteiger partial charge is 0.338 e. The van der Waals surface area contributed by atoms with E-state index in [1.54, 1.807) is 13.0 Å². The Hall–Kier alpha value is -2.75. The average Bonchev–Trinajstić information content (AvgIpc) is 2.78. The van der Waals surface area contributed by atoms with E-state index >= 15 is 0 Å². The molecule has 166 valence electrons. The molecule has 1 saturated heterocycles. The van der Waals surface area contributed by atoms with Gasteiger partial charge >= 0.3 is 5.97 Å². The standard InChI is InChI=1S/C22H25NO7S/c1-15-4-5-16(2)18(12-15)19(24)14-30-22(25)17-6-7-20(28-3)21(13-17)31(26,27)23-8-10-29-11-9-23/h4-7,12-13H,8-11,14H2,1-3H3. The van der Waals surface area contributed by atoms with Crippen molar-refractivity contribution in [3.8, 4) is 5.75 Å². The highest BCUT2D eigenvalue weighted by atomic mass is 32.2. The summed E-state index contributed by atoms with van der Waals surface area (Å²) in [6, 6.07) is 9.49. The van der Waals surface area contributed by atoms with E-state index in [1.165, 1.54) is 29.6 Å². The number of ether oxygens (including phenoxy) is 3. The van der Waals surface area contributed by atoms with Crippen LogP contribution in [0.25, 0.3) is 0 Å². The number of hydrogen-bond donors (Lipinski definition) is 0. The molecular formula is C22H25NO7S. The van der Waals surface area contributed by atoms with Crippen LogP contribution in [0.15, 0.2) is 41.3 Å². The number of methoxy groups -OCH3 is 1. The number of Topliss-reactive ketones (excluding diaryl/α,β-unsaturated/α-hetero) is 1. The molecule has 2 aromatic carbocycles. The Morgan fingerprint density at radius 2 is 1.77 bits per heavy atom. The maximum absolute atomic E-state index is 13.0. The summed E-state index contributed by atoms with van der Waals surface area (Å²) in [5.74, 6) is -1.00. The molecule has 0 spiro atoms. The summed E-state index contributed by atoms with van der Waals surface area (Å²) in [4.78, 5) is 24.9. The zero-order chi connectivity index (χ0) is 22.6. The van der Waals surface area contributed by atoms with Crippen LogP contribution in [0.2, 0.25) is 0 Å². The van der Waals surface area contributed by atoms with Crippen LogP contribution in [0.3, 0.4) is 0 Å². The van der Waals surface area contributed by atoms with Crippen LogP contribution in [0.5, 0.6) is 5.75 Å². The number of ketones is 1. The second-order valence-corrected chi connectivity index (χ2v) is 9.11. The number of carbonyl (C=O) groups is 2. The molecule has 0 saturated carbocycles. The third-order valence-corrected chi connectivity index (χ3v) is 6.93. The van der Waals surface area contributed by atoms with Gasteiger partial charge in [-0.25, -0.2) is 13.2 Å². The molecule has 1 aliphatic heterocycles. The van der Waals surface area contributed by atoms with E-state index in [0.29, 0.717) is 18.8 Å². The van der Waals surface area contributed by atoms with Gasteiger partial charge in [0.15, 0.2) is 6.61 Å². The number of esters is 1. The van der Waals surface area contributed by atoms with Gasteiger partial charge in [0.25, 0.3) is 0 Å². The molecular weight excluding hydrogens is 422 g/mol. The third-order valence-electron chi connectivity index (χ3n) is 5.02. The van der Waals surface area contributed by atoms with E-state index in [4.69, 9.17) is 14.2 Å². The fourth-order valence-electron chi connectivity index (χ4n) is 3.26. The minimum atomic E-state index is -3.89. The molecule has 0 aliphatic carbocycles. The van der Waals surface area contributed by atoms with Crippen molar-refractivity contribution in [2.45, 2.75) is 18.7 Å². The maximum Gasteiger partial charge on any atom is 0.338 e. The minimum Gasteiger partial charge on any atom is -0.495 e. The summed E-state index contributed by atoms with van der Waals surface area (Å²) in [7, 11) is -2.54. The summed E-state index contributed by atoms with van der Waals surface area (Å²) in [5.41, 5.74) is 2.21. The van der Waals surface area contributed by atoms with Crippen molar-refractivity contribution in [3.05, 3.63) is 58.7 Å². The predicted octanol–water partition coefficient (Wildman–Crippen LogP) is 2.37. The molecule has 1 aliphatic rings. The Bertz CT molecular complexity index is 1090. The summed E-state index contributed by atoms with van der Waals surface area (Å²) >= 11 is 0. The van der Waals surface area contributed by atoms with E-state index in [0.717, 1.165) is 11.1 Å². The molecule has 0 unspecified atom stereocenters. The predicted molar refractivity (Wildman–Crippen MR) is 113 cm³/mol. The van der Waals surface area contributed by atoms with Crippen LogP contribution in [0, 0.1) is 13.8 Å². The maximum atomic E-state index is 13.0. The Balaban J connectivity index is 1.79. The van der Waals surface area contributed by atoms with Gasteiger partial charge in [0.1, 0.15) is 10.6 Å². The van der Waals surface area contributed by atoms with Crippen LogP contribution >= 0.6 is 0 Å². The molecule has 2 aromatic rings. The highest BCUT2D eigenvalue weighted by Crippen LogP contribution is 2.28. The fourth-order valence-corrected chi connectivity index (χ4v) is 4.85. The Morgan fingerprint density at radius 1 is 1.06 bits per heavy atom. The first-order valence-corrected chi connectivity index (χ1v) is 11.2. The number of sulfonamides is 1. The van der Waals surface area contributed by atoms with Crippen LogP contribution in [0.1, 0.15) is 31.8 Å². The van der Waals surface area contributed by atoms with Gasteiger partial charge in [-0.05, 0) is 43.7 Å². The minimum absolute atomic E-state index is 0.0152. The monoisotopic (exact) mass is 447 g/mol. The molecule has 0 radical (unpaired) electrons. The Labute approximate surface area is 181 Å².